The minimum absolute atomic E-state index is 0.173. The fourth-order valence-electron chi connectivity index (χ4n) is 1.60. The van der Waals surface area contributed by atoms with Crippen LogP contribution in [0.15, 0.2) is 6.33 Å². The normalized spacial score (nSPS) is 19.7. The number of hydrogen-bond donors (Lipinski definition) is 2. The largest absolute Gasteiger partial charge is 0.406 e. The Hall–Kier alpha value is -1.67. The standard InChI is InChI=1S/C8H13N5O3/c1-2-16-8-10-4-3-9-6-7(13(14)15)11-5-12(6)8/h5,8-10H,2-4H2,1H3/t8-/m0/s1. The van der Waals surface area contributed by atoms with Gasteiger partial charge in [0.1, 0.15) is 0 Å². The third-order valence-corrected chi connectivity index (χ3v) is 2.26. The van der Waals surface area contributed by atoms with Crippen molar-refractivity contribution in [2.75, 3.05) is 25.0 Å². The van der Waals surface area contributed by atoms with E-state index in [0.717, 1.165) is 0 Å². The van der Waals surface area contributed by atoms with Crippen LogP contribution >= 0.6 is 0 Å². The first-order chi connectivity index (χ1) is 7.74. The van der Waals surface area contributed by atoms with Crippen molar-refractivity contribution in [3.8, 4) is 0 Å². The molecule has 16 heavy (non-hydrogen) atoms. The number of ether oxygens (including phenoxy) is 1. The van der Waals surface area contributed by atoms with Crippen LogP contribution in [0.4, 0.5) is 11.6 Å². The minimum Gasteiger partial charge on any atom is -0.363 e. The fraction of sp³-hybridized carbons (Fsp3) is 0.625. The van der Waals surface area contributed by atoms with E-state index in [9.17, 15) is 10.1 Å². The highest BCUT2D eigenvalue weighted by Crippen LogP contribution is 2.26. The summed E-state index contributed by atoms with van der Waals surface area (Å²) in [6, 6.07) is 0. The van der Waals surface area contributed by atoms with E-state index in [2.05, 4.69) is 15.6 Å². The third-order valence-electron chi connectivity index (χ3n) is 2.26. The van der Waals surface area contributed by atoms with Crippen LogP contribution in [0, 0.1) is 10.1 Å². The van der Waals surface area contributed by atoms with Gasteiger partial charge in [0.2, 0.25) is 12.1 Å². The second kappa shape index (κ2) is 4.45. The lowest BCUT2D eigenvalue weighted by atomic mass is 10.6. The van der Waals surface area contributed by atoms with Gasteiger partial charge >= 0.3 is 5.82 Å². The van der Waals surface area contributed by atoms with E-state index in [0.29, 0.717) is 25.5 Å². The van der Waals surface area contributed by atoms with Crippen LogP contribution in [-0.2, 0) is 4.74 Å². The molecular weight excluding hydrogens is 214 g/mol. The molecule has 1 aromatic heterocycles. The molecule has 0 unspecified atom stereocenters. The molecule has 2 rings (SSSR count). The highest BCUT2D eigenvalue weighted by atomic mass is 16.6. The number of hydrogen-bond acceptors (Lipinski definition) is 6. The summed E-state index contributed by atoms with van der Waals surface area (Å²) in [4.78, 5) is 14.0. The Morgan fingerprint density at radius 3 is 3.25 bits per heavy atom. The topological polar surface area (TPSA) is 94.2 Å². The van der Waals surface area contributed by atoms with Crippen molar-refractivity contribution >= 4 is 11.6 Å². The van der Waals surface area contributed by atoms with Gasteiger partial charge < -0.3 is 20.2 Å². The number of nitrogens with zero attached hydrogens (tertiary/aromatic N) is 3. The second-order valence-corrected chi connectivity index (χ2v) is 3.27. The van der Waals surface area contributed by atoms with Crippen molar-refractivity contribution in [1.82, 2.24) is 14.9 Å². The fourth-order valence-corrected chi connectivity index (χ4v) is 1.60. The number of aromatic nitrogens is 2. The SMILES string of the molecule is CCO[C@H]1NCCNc2c([N+](=O)[O-])ncn21. The Morgan fingerprint density at radius 2 is 2.56 bits per heavy atom. The summed E-state index contributed by atoms with van der Waals surface area (Å²) in [5, 5.41) is 16.8. The number of anilines is 1. The maximum atomic E-state index is 10.7. The van der Waals surface area contributed by atoms with Gasteiger partial charge in [-0.2, -0.15) is 0 Å². The van der Waals surface area contributed by atoms with Gasteiger partial charge in [0.15, 0.2) is 6.35 Å². The van der Waals surface area contributed by atoms with Crippen molar-refractivity contribution in [3.05, 3.63) is 16.4 Å². The summed E-state index contributed by atoms with van der Waals surface area (Å²) in [7, 11) is 0. The minimum atomic E-state index is -0.507. The first kappa shape index (κ1) is 10.8. The first-order valence-electron chi connectivity index (χ1n) is 5.04. The molecule has 8 nitrogen and oxygen atoms in total. The van der Waals surface area contributed by atoms with Gasteiger partial charge in [-0.15, -0.1) is 0 Å². The number of nitrogens with one attached hydrogen (secondary N) is 2. The Bertz CT molecular complexity index is 391. The molecule has 88 valence electrons. The zero-order chi connectivity index (χ0) is 11.5. The predicted molar refractivity (Wildman–Crippen MR) is 56.0 cm³/mol. The molecule has 0 radical (unpaired) electrons. The predicted octanol–water partition coefficient (Wildman–Crippen LogP) is 0.299. The Morgan fingerprint density at radius 1 is 1.75 bits per heavy atom. The molecule has 2 N–H and O–H groups in total. The quantitative estimate of drug-likeness (QED) is 0.569. The molecule has 0 spiro atoms. The summed E-state index contributed by atoms with van der Waals surface area (Å²) >= 11 is 0. The van der Waals surface area contributed by atoms with E-state index in [1.54, 1.807) is 4.57 Å². The van der Waals surface area contributed by atoms with Crippen LogP contribution in [0.25, 0.3) is 0 Å². The third kappa shape index (κ3) is 1.84. The first-order valence-corrected chi connectivity index (χ1v) is 5.04. The monoisotopic (exact) mass is 227 g/mol. The molecule has 0 bridgehead atoms. The molecule has 8 heteroatoms. The van der Waals surface area contributed by atoms with Crippen LogP contribution in [0.3, 0.4) is 0 Å². The summed E-state index contributed by atoms with van der Waals surface area (Å²) in [5.41, 5.74) is 0. The summed E-state index contributed by atoms with van der Waals surface area (Å²) in [5.74, 6) is 0.210. The molecule has 0 saturated heterocycles. The zero-order valence-corrected chi connectivity index (χ0v) is 8.84. The smallest absolute Gasteiger partial charge is 0.363 e. The zero-order valence-electron chi connectivity index (χ0n) is 8.84. The lowest BCUT2D eigenvalue weighted by molar-refractivity contribution is -0.388. The van der Waals surface area contributed by atoms with E-state index in [-0.39, 0.29) is 5.82 Å². The number of imidazole rings is 1. The molecule has 0 amide bonds. The van der Waals surface area contributed by atoms with E-state index in [4.69, 9.17) is 4.74 Å². The van der Waals surface area contributed by atoms with Crippen LogP contribution in [0.1, 0.15) is 13.3 Å². The van der Waals surface area contributed by atoms with E-state index >= 15 is 0 Å². The van der Waals surface area contributed by atoms with E-state index < -0.39 is 11.3 Å². The van der Waals surface area contributed by atoms with Gasteiger partial charge in [0.25, 0.3) is 0 Å². The molecule has 0 fully saturated rings. The summed E-state index contributed by atoms with van der Waals surface area (Å²) in [6.45, 7) is 3.65. The molecule has 1 aliphatic heterocycles. The molecule has 0 aliphatic carbocycles. The van der Waals surface area contributed by atoms with Crippen LogP contribution < -0.4 is 10.6 Å². The molecule has 0 saturated carbocycles. The van der Waals surface area contributed by atoms with Gasteiger partial charge in [0.05, 0.1) is 0 Å². The van der Waals surface area contributed by atoms with Gasteiger partial charge in [-0.25, -0.2) is 0 Å². The van der Waals surface area contributed by atoms with E-state index in [1.807, 2.05) is 6.92 Å². The maximum Gasteiger partial charge on any atom is 0.406 e. The van der Waals surface area contributed by atoms with Gasteiger partial charge in [0, 0.05) is 19.7 Å². The second-order valence-electron chi connectivity index (χ2n) is 3.27. The lowest BCUT2D eigenvalue weighted by Crippen LogP contribution is -2.28. The average Bonchev–Trinajstić information content (AvgIpc) is 2.58. The van der Waals surface area contributed by atoms with Crippen molar-refractivity contribution in [2.45, 2.75) is 13.3 Å². The molecule has 2 heterocycles. The van der Waals surface area contributed by atoms with Crippen molar-refractivity contribution in [1.29, 1.82) is 0 Å². The Kier molecular flexibility index (Phi) is 3.02. The maximum absolute atomic E-state index is 10.7. The molecule has 1 atom stereocenters. The molecule has 1 aliphatic rings. The highest BCUT2D eigenvalue weighted by molar-refractivity contribution is 5.52. The Labute approximate surface area is 91.8 Å². The number of fused-ring (bicyclic) bond motifs is 1. The number of nitro groups is 1. The molecular formula is C8H13N5O3. The van der Waals surface area contributed by atoms with Crippen LogP contribution in [-0.4, -0.2) is 34.2 Å². The highest BCUT2D eigenvalue weighted by Gasteiger charge is 2.27. The van der Waals surface area contributed by atoms with Crippen molar-refractivity contribution in [2.24, 2.45) is 0 Å². The van der Waals surface area contributed by atoms with Crippen molar-refractivity contribution in [3.63, 3.8) is 0 Å². The Balaban J connectivity index is 2.35. The molecule has 0 aromatic carbocycles. The van der Waals surface area contributed by atoms with E-state index in [1.165, 1.54) is 6.33 Å². The summed E-state index contributed by atoms with van der Waals surface area (Å²) in [6.07, 6.45) is 0.996. The van der Waals surface area contributed by atoms with Crippen molar-refractivity contribution < 1.29 is 9.66 Å². The van der Waals surface area contributed by atoms with Gasteiger partial charge in [-0.05, 0) is 16.8 Å². The lowest BCUT2D eigenvalue weighted by Gasteiger charge is -2.16. The van der Waals surface area contributed by atoms with Crippen LogP contribution in [0.5, 0.6) is 0 Å². The van der Waals surface area contributed by atoms with Gasteiger partial charge in [-0.3, -0.25) is 9.88 Å². The summed E-state index contributed by atoms with van der Waals surface area (Å²) < 4.78 is 7.02. The van der Waals surface area contributed by atoms with Gasteiger partial charge in [-0.1, -0.05) is 0 Å². The van der Waals surface area contributed by atoms with Crippen LogP contribution in [0.2, 0.25) is 0 Å². The number of rotatable bonds is 3. The molecule has 1 aromatic rings. The average molecular weight is 227 g/mol.